The third-order valence-electron chi connectivity index (χ3n) is 4.33. The van der Waals surface area contributed by atoms with Crippen LogP contribution in [0.25, 0.3) is 20.4 Å². The molecule has 5 aromatic rings. The van der Waals surface area contributed by atoms with Crippen LogP contribution in [-0.2, 0) is 0 Å². The molecule has 0 spiro atoms. The molecule has 0 saturated carbocycles. The predicted molar refractivity (Wildman–Crippen MR) is 126 cm³/mol. The molecule has 0 aliphatic heterocycles. The summed E-state index contributed by atoms with van der Waals surface area (Å²) in [6.45, 7) is 0. The van der Waals surface area contributed by atoms with Crippen molar-refractivity contribution in [2.24, 2.45) is 0 Å². The lowest BCUT2D eigenvalue weighted by Crippen LogP contribution is -1.95. The maximum absolute atomic E-state index is 11.8. The Labute approximate surface area is 192 Å². The molecule has 5 rings (SSSR count). The van der Waals surface area contributed by atoms with E-state index in [1.807, 2.05) is 48.5 Å². The fraction of sp³-hybridized carbons (Fsp3) is 0. The molecule has 6 nitrogen and oxygen atoms in total. The number of fused-ring (bicyclic) bond motifs is 2. The third-order valence-corrected chi connectivity index (χ3v) is 8.82. The molecule has 2 aromatic heterocycles. The molecule has 0 radical (unpaired) electrons. The Hall–Kier alpha value is -2.79. The number of thiazole rings is 2. The zero-order chi connectivity index (χ0) is 21.4. The van der Waals surface area contributed by atoms with Crippen LogP contribution in [0.2, 0.25) is 0 Å². The maximum atomic E-state index is 11.8. The van der Waals surface area contributed by atoms with Gasteiger partial charge in [-0.25, -0.2) is 9.97 Å². The first-order valence-corrected chi connectivity index (χ1v) is 12.2. The number of rotatable bonds is 6. The minimum atomic E-state index is -0.453. The average molecular weight is 482 g/mol. The van der Waals surface area contributed by atoms with Crippen LogP contribution in [0.1, 0.15) is 10.4 Å². The van der Waals surface area contributed by atoms with Gasteiger partial charge in [0.15, 0.2) is 8.68 Å². The van der Waals surface area contributed by atoms with Crippen molar-refractivity contribution in [2.75, 3.05) is 0 Å². The van der Waals surface area contributed by atoms with Crippen molar-refractivity contribution < 1.29 is 9.72 Å². The van der Waals surface area contributed by atoms with Gasteiger partial charge in [-0.05, 0) is 30.3 Å². The predicted octanol–water partition coefficient (Wildman–Crippen LogP) is 6.93. The van der Waals surface area contributed by atoms with Gasteiger partial charge in [0.1, 0.15) is 11.2 Å². The normalized spacial score (nSPS) is 11.2. The summed E-state index contributed by atoms with van der Waals surface area (Å²) in [7, 11) is 0. The van der Waals surface area contributed by atoms with E-state index in [2.05, 4.69) is 9.97 Å². The number of aromatic nitrogens is 2. The molecule has 2 heterocycles. The number of para-hydroxylation sites is 2. The summed E-state index contributed by atoms with van der Waals surface area (Å²) >= 11 is 5.56. The number of nitrogens with zero attached hydrogens (tertiary/aromatic N) is 3. The van der Waals surface area contributed by atoms with Gasteiger partial charge in [-0.1, -0.05) is 47.8 Å². The van der Waals surface area contributed by atoms with Crippen LogP contribution < -0.4 is 0 Å². The Kier molecular flexibility index (Phi) is 5.45. The smallest absolute Gasteiger partial charge is 0.285 e. The highest BCUT2D eigenvalue weighted by Gasteiger charge is 2.24. The fourth-order valence-electron chi connectivity index (χ4n) is 2.96. The van der Waals surface area contributed by atoms with E-state index in [-0.39, 0.29) is 11.3 Å². The molecular weight excluding hydrogens is 471 g/mol. The van der Waals surface area contributed by atoms with Crippen molar-refractivity contribution in [3.05, 3.63) is 76.3 Å². The molecular formula is C21H11N3O3S4. The molecule has 31 heavy (non-hydrogen) atoms. The molecule has 0 N–H and O–H groups in total. The molecule has 0 bridgehead atoms. The van der Waals surface area contributed by atoms with E-state index < -0.39 is 4.92 Å². The molecule has 0 saturated heterocycles. The zero-order valence-corrected chi connectivity index (χ0v) is 18.8. The first kappa shape index (κ1) is 20.1. The summed E-state index contributed by atoms with van der Waals surface area (Å²) in [4.78, 5) is 33.1. The number of nitro benzene ring substituents is 1. The molecule has 3 aromatic carbocycles. The van der Waals surface area contributed by atoms with Crippen LogP contribution in [0.4, 0.5) is 5.69 Å². The second-order valence-corrected chi connectivity index (χ2v) is 10.9. The van der Waals surface area contributed by atoms with Gasteiger partial charge in [-0.15, -0.1) is 22.7 Å². The molecule has 0 atom stereocenters. The van der Waals surface area contributed by atoms with E-state index in [1.165, 1.54) is 52.3 Å². The summed E-state index contributed by atoms with van der Waals surface area (Å²) in [5.74, 6) is 0. The van der Waals surface area contributed by atoms with Crippen LogP contribution in [0.5, 0.6) is 0 Å². The summed E-state index contributed by atoms with van der Waals surface area (Å²) in [6, 6.07) is 18.5. The minimum Gasteiger partial charge on any atom is -0.298 e. The van der Waals surface area contributed by atoms with Gasteiger partial charge in [0, 0.05) is 16.5 Å². The SMILES string of the molecule is O=Cc1cc(Sc2nc3ccccc3s2)c(Sc2nc3ccccc3s2)c([N+](=O)[O-])c1. The van der Waals surface area contributed by atoms with Crippen LogP contribution >= 0.6 is 46.2 Å². The number of hydrogen-bond donors (Lipinski definition) is 0. The van der Waals surface area contributed by atoms with Crippen molar-refractivity contribution in [3.63, 3.8) is 0 Å². The van der Waals surface area contributed by atoms with Crippen molar-refractivity contribution in [2.45, 2.75) is 18.5 Å². The van der Waals surface area contributed by atoms with Crippen LogP contribution in [0, 0.1) is 10.1 Å². The maximum Gasteiger partial charge on any atom is 0.285 e. The highest BCUT2D eigenvalue weighted by molar-refractivity contribution is 8.04. The fourth-order valence-corrected chi connectivity index (χ4v) is 7.44. The van der Waals surface area contributed by atoms with Gasteiger partial charge in [0.25, 0.3) is 5.69 Å². The van der Waals surface area contributed by atoms with Gasteiger partial charge < -0.3 is 0 Å². The highest BCUT2D eigenvalue weighted by atomic mass is 32.2. The Bertz CT molecular complexity index is 1400. The van der Waals surface area contributed by atoms with Crippen molar-refractivity contribution >= 4 is 78.6 Å². The van der Waals surface area contributed by atoms with Crippen LogP contribution in [0.3, 0.4) is 0 Å². The molecule has 0 unspecified atom stereocenters. The lowest BCUT2D eigenvalue weighted by molar-refractivity contribution is -0.388. The lowest BCUT2D eigenvalue weighted by Gasteiger charge is -2.08. The minimum absolute atomic E-state index is 0.113. The van der Waals surface area contributed by atoms with E-state index in [9.17, 15) is 14.9 Å². The summed E-state index contributed by atoms with van der Waals surface area (Å²) in [5, 5.41) is 11.8. The molecule has 0 aliphatic carbocycles. The third kappa shape index (κ3) is 4.07. The van der Waals surface area contributed by atoms with E-state index in [1.54, 1.807) is 6.07 Å². The first-order chi connectivity index (χ1) is 15.1. The number of benzene rings is 3. The summed E-state index contributed by atoms with van der Waals surface area (Å²) in [6.07, 6.45) is 0.627. The van der Waals surface area contributed by atoms with Gasteiger partial charge in [0.2, 0.25) is 0 Å². The van der Waals surface area contributed by atoms with E-state index in [0.717, 1.165) is 24.8 Å². The number of carbonyl (C=O) groups is 1. The summed E-state index contributed by atoms with van der Waals surface area (Å²) in [5.41, 5.74) is 1.86. The van der Waals surface area contributed by atoms with E-state index in [0.29, 0.717) is 20.4 Å². The Morgan fingerprint density at radius 2 is 1.45 bits per heavy atom. The Morgan fingerprint density at radius 1 is 0.871 bits per heavy atom. The lowest BCUT2D eigenvalue weighted by atomic mass is 10.2. The highest BCUT2D eigenvalue weighted by Crippen LogP contribution is 2.47. The summed E-state index contributed by atoms with van der Waals surface area (Å²) < 4.78 is 3.50. The van der Waals surface area contributed by atoms with E-state index >= 15 is 0 Å². The van der Waals surface area contributed by atoms with Gasteiger partial charge in [-0.3, -0.25) is 14.9 Å². The number of nitro groups is 1. The number of aldehydes is 1. The average Bonchev–Trinajstić information content (AvgIpc) is 3.37. The second kappa shape index (κ2) is 8.39. The molecule has 0 amide bonds. The monoisotopic (exact) mass is 481 g/mol. The topological polar surface area (TPSA) is 86.0 Å². The molecule has 0 aliphatic rings. The standard InChI is InChI=1S/C21H11N3O3S4/c25-11-12-9-15(24(26)27)19(31-21-23-14-6-2-4-8-17(14)29-21)18(10-12)30-20-22-13-5-1-3-7-16(13)28-20/h1-11H. The zero-order valence-electron chi connectivity index (χ0n) is 15.6. The van der Waals surface area contributed by atoms with Gasteiger partial charge in [-0.2, -0.15) is 0 Å². The number of carbonyl (C=O) groups excluding carboxylic acids is 1. The Morgan fingerprint density at radius 3 is 2.00 bits per heavy atom. The van der Waals surface area contributed by atoms with Crippen molar-refractivity contribution in [3.8, 4) is 0 Å². The Balaban J connectivity index is 1.61. The van der Waals surface area contributed by atoms with Crippen molar-refractivity contribution in [1.29, 1.82) is 0 Å². The second-order valence-electron chi connectivity index (χ2n) is 6.34. The van der Waals surface area contributed by atoms with E-state index in [4.69, 9.17) is 0 Å². The quantitative estimate of drug-likeness (QED) is 0.148. The molecule has 10 heteroatoms. The van der Waals surface area contributed by atoms with Gasteiger partial charge >= 0.3 is 0 Å². The van der Waals surface area contributed by atoms with Crippen LogP contribution in [0.15, 0.2) is 79.1 Å². The van der Waals surface area contributed by atoms with Crippen LogP contribution in [-0.4, -0.2) is 21.2 Å². The largest absolute Gasteiger partial charge is 0.298 e. The van der Waals surface area contributed by atoms with Crippen molar-refractivity contribution in [1.82, 2.24) is 9.97 Å². The molecule has 152 valence electrons. The molecule has 0 fully saturated rings. The first-order valence-electron chi connectivity index (χ1n) is 8.95. The number of hydrogen-bond acceptors (Lipinski definition) is 9. The van der Waals surface area contributed by atoms with Gasteiger partial charge in [0.05, 0.1) is 25.4 Å².